The molecule has 0 aromatic heterocycles. The van der Waals surface area contributed by atoms with Crippen LogP contribution < -0.4 is 11.1 Å². The first-order chi connectivity index (χ1) is 8.58. The maximum absolute atomic E-state index is 10.2. The van der Waals surface area contributed by atoms with Gasteiger partial charge in [-0.05, 0) is 24.6 Å². The maximum atomic E-state index is 10.2. The van der Waals surface area contributed by atoms with E-state index in [1.165, 1.54) is 0 Å². The van der Waals surface area contributed by atoms with Crippen molar-refractivity contribution in [2.45, 2.75) is 20.3 Å². The third kappa shape index (κ3) is 5.94. The lowest BCUT2D eigenvalue weighted by Gasteiger charge is -2.03. The minimum atomic E-state index is -0.123. The highest BCUT2D eigenvalue weighted by atomic mass is 16.5. The van der Waals surface area contributed by atoms with Gasteiger partial charge < -0.3 is 15.8 Å². The summed E-state index contributed by atoms with van der Waals surface area (Å²) < 4.78 is 4.55. The van der Waals surface area contributed by atoms with Crippen molar-refractivity contribution in [1.82, 2.24) is 0 Å². The zero-order valence-corrected chi connectivity index (χ0v) is 11.3. The van der Waals surface area contributed by atoms with E-state index in [-0.39, 0.29) is 5.97 Å². The lowest BCUT2D eigenvalue weighted by molar-refractivity contribution is -0.142. The summed E-state index contributed by atoms with van der Waals surface area (Å²) in [4.78, 5) is 10.2. The van der Waals surface area contributed by atoms with Gasteiger partial charge in [-0.15, -0.1) is 0 Å². The van der Waals surface area contributed by atoms with Crippen LogP contribution in [0.4, 0.5) is 11.4 Å². The van der Waals surface area contributed by atoms with E-state index in [0.717, 1.165) is 16.9 Å². The normalized spacial score (nSPS) is 8.83. The number of carbonyl (C=O) groups is 1. The summed E-state index contributed by atoms with van der Waals surface area (Å²) in [5, 5.41) is 3.00. The predicted octanol–water partition coefficient (Wildman–Crippen LogP) is 2.91. The molecule has 3 N–H and O–H groups in total. The summed E-state index contributed by atoms with van der Waals surface area (Å²) in [5.41, 5.74) is 8.45. The Morgan fingerprint density at radius 2 is 2.17 bits per heavy atom. The van der Waals surface area contributed by atoms with Gasteiger partial charge in [-0.3, -0.25) is 4.79 Å². The van der Waals surface area contributed by atoms with Gasteiger partial charge >= 0.3 is 5.97 Å². The molecule has 0 fully saturated rings. The van der Waals surface area contributed by atoms with E-state index in [2.05, 4.69) is 16.6 Å². The Bertz CT molecular complexity index is 389. The van der Waals surface area contributed by atoms with Crippen LogP contribution in [0.1, 0.15) is 25.8 Å². The average molecular weight is 250 g/mol. The molecule has 1 rings (SSSR count). The number of nitrogens with one attached hydrogen (secondary N) is 1. The van der Waals surface area contributed by atoms with Crippen LogP contribution >= 0.6 is 0 Å². The van der Waals surface area contributed by atoms with Crippen molar-refractivity contribution in [2.24, 2.45) is 0 Å². The number of hydrogen-bond acceptors (Lipinski definition) is 4. The lowest BCUT2D eigenvalue weighted by atomic mass is 10.1. The number of nitrogens with two attached hydrogens (primary N) is 1. The smallest absolute Gasteiger partial charge is 0.305 e. The second kappa shape index (κ2) is 9.10. The number of carbonyl (C=O) groups excluding carboxylic acids is 1. The van der Waals surface area contributed by atoms with Crippen LogP contribution in [0.3, 0.4) is 0 Å². The van der Waals surface area contributed by atoms with E-state index >= 15 is 0 Å². The van der Waals surface area contributed by atoms with Crippen LogP contribution in [0.5, 0.6) is 0 Å². The molecule has 0 aliphatic rings. The van der Waals surface area contributed by atoms with Crippen LogP contribution in [0, 0.1) is 0 Å². The maximum Gasteiger partial charge on any atom is 0.305 e. The number of benzene rings is 1. The van der Waals surface area contributed by atoms with Crippen molar-refractivity contribution >= 4 is 23.4 Å². The Kier molecular flexibility index (Phi) is 8.10. The molecule has 4 heteroatoms. The van der Waals surface area contributed by atoms with Gasteiger partial charge in [0.15, 0.2) is 0 Å². The highest BCUT2D eigenvalue weighted by molar-refractivity contribution is 5.69. The van der Waals surface area contributed by atoms with Crippen LogP contribution in [0.15, 0.2) is 24.8 Å². The van der Waals surface area contributed by atoms with E-state index in [9.17, 15) is 4.79 Å². The zero-order valence-electron chi connectivity index (χ0n) is 11.3. The van der Waals surface area contributed by atoms with Gasteiger partial charge in [-0.25, -0.2) is 0 Å². The Labute approximate surface area is 109 Å². The minimum Gasteiger partial charge on any atom is -0.466 e. The van der Waals surface area contributed by atoms with Crippen molar-refractivity contribution in [3.8, 4) is 0 Å². The summed E-state index contributed by atoms with van der Waals surface area (Å²) in [7, 11) is 1.86. The number of rotatable bonds is 4. The predicted molar refractivity (Wildman–Crippen MR) is 77.4 cm³/mol. The molecule has 18 heavy (non-hydrogen) atoms. The number of anilines is 2. The Hall–Kier alpha value is -1.97. The Morgan fingerprint density at radius 1 is 1.50 bits per heavy atom. The summed E-state index contributed by atoms with van der Waals surface area (Å²) in [6.45, 7) is 7.71. The summed E-state index contributed by atoms with van der Waals surface area (Å²) in [5.74, 6) is -0.123. The summed E-state index contributed by atoms with van der Waals surface area (Å²) in [6, 6.07) is 5.79. The first-order valence-electron chi connectivity index (χ1n) is 5.94. The first kappa shape index (κ1) is 16.0. The standard InChI is InChI=1S/C9H12N2.C5H10O2/c1-3-7-4-5-8(11-2)6-9(7)10;1-3-5(6)7-4-2/h3-6,11H,1,10H2,2H3;3-4H2,1-2H3. The topological polar surface area (TPSA) is 64.3 Å². The van der Waals surface area contributed by atoms with Gasteiger partial charge in [-0.1, -0.05) is 25.6 Å². The highest BCUT2D eigenvalue weighted by Gasteiger charge is 1.94. The van der Waals surface area contributed by atoms with Gasteiger partial charge in [0.1, 0.15) is 0 Å². The largest absolute Gasteiger partial charge is 0.466 e. The molecule has 0 heterocycles. The van der Waals surface area contributed by atoms with E-state index in [1.54, 1.807) is 19.9 Å². The van der Waals surface area contributed by atoms with Crippen LogP contribution in [-0.2, 0) is 9.53 Å². The molecule has 0 amide bonds. The second-order valence-electron chi connectivity index (χ2n) is 3.46. The summed E-state index contributed by atoms with van der Waals surface area (Å²) >= 11 is 0. The monoisotopic (exact) mass is 250 g/mol. The van der Waals surface area contributed by atoms with Crippen molar-refractivity contribution in [2.75, 3.05) is 24.7 Å². The SMILES string of the molecule is C=Cc1ccc(NC)cc1N.CCOC(=O)CC. The molecule has 0 spiro atoms. The quantitative estimate of drug-likeness (QED) is 0.637. The molecule has 0 saturated carbocycles. The molecule has 0 aliphatic carbocycles. The molecule has 0 radical (unpaired) electrons. The number of esters is 1. The van der Waals surface area contributed by atoms with Crippen molar-refractivity contribution in [3.63, 3.8) is 0 Å². The molecule has 1 aromatic rings. The number of ether oxygens (including phenoxy) is 1. The molecule has 0 atom stereocenters. The fraction of sp³-hybridized carbons (Fsp3) is 0.357. The molecule has 0 bridgehead atoms. The van der Waals surface area contributed by atoms with Crippen molar-refractivity contribution < 1.29 is 9.53 Å². The van der Waals surface area contributed by atoms with E-state index in [1.807, 2.05) is 25.2 Å². The van der Waals surface area contributed by atoms with E-state index < -0.39 is 0 Å². The highest BCUT2D eigenvalue weighted by Crippen LogP contribution is 2.17. The molecular weight excluding hydrogens is 228 g/mol. The fourth-order valence-corrected chi connectivity index (χ4v) is 1.18. The van der Waals surface area contributed by atoms with Gasteiger partial charge in [0.25, 0.3) is 0 Å². The average Bonchev–Trinajstić information content (AvgIpc) is 2.39. The zero-order chi connectivity index (χ0) is 14.0. The van der Waals surface area contributed by atoms with E-state index in [0.29, 0.717) is 13.0 Å². The minimum absolute atomic E-state index is 0.123. The van der Waals surface area contributed by atoms with Crippen LogP contribution in [-0.4, -0.2) is 19.6 Å². The third-order valence-corrected chi connectivity index (χ3v) is 2.19. The molecule has 0 aliphatic heterocycles. The van der Waals surface area contributed by atoms with E-state index in [4.69, 9.17) is 5.73 Å². The van der Waals surface area contributed by atoms with Crippen LogP contribution in [0.2, 0.25) is 0 Å². The molecular formula is C14H22N2O2. The molecule has 1 aromatic carbocycles. The summed E-state index contributed by atoms with van der Waals surface area (Å²) in [6.07, 6.45) is 2.22. The molecule has 100 valence electrons. The Balaban J connectivity index is 0.000000360. The van der Waals surface area contributed by atoms with Gasteiger partial charge in [-0.2, -0.15) is 0 Å². The number of hydrogen-bond donors (Lipinski definition) is 2. The van der Waals surface area contributed by atoms with Gasteiger partial charge in [0, 0.05) is 24.8 Å². The fourth-order valence-electron chi connectivity index (χ4n) is 1.18. The second-order valence-corrected chi connectivity index (χ2v) is 3.46. The van der Waals surface area contributed by atoms with Gasteiger partial charge in [0.2, 0.25) is 0 Å². The first-order valence-corrected chi connectivity index (χ1v) is 5.94. The lowest BCUT2D eigenvalue weighted by Crippen LogP contribution is -2.00. The van der Waals surface area contributed by atoms with Crippen molar-refractivity contribution in [3.05, 3.63) is 30.3 Å². The van der Waals surface area contributed by atoms with Gasteiger partial charge in [0.05, 0.1) is 6.61 Å². The third-order valence-electron chi connectivity index (χ3n) is 2.19. The molecule has 0 unspecified atom stereocenters. The van der Waals surface area contributed by atoms with Crippen LogP contribution in [0.25, 0.3) is 6.08 Å². The molecule has 0 saturated heterocycles. The van der Waals surface area contributed by atoms with Crippen molar-refractivity contribution in [1.29, 1.82) is 0 Å². The number of nitrogen functional groups attached to an aromatic ring is 1. The Morgan fingerprint density at radius 3 is 2.50 bits per heavy atom. The molecule has 4 nitrogen and oxygen atoms in total.